The molecular weight excluding hydrogens is 630 g/mol. The van der Waals surface area contributed by atoms with Crippen LogP contribution in [-0.2, 0) is 26.2 Å². The number of nitrogens with zero attached hydrogens (tertiary/aromatic N) is 3. The number of nitrogens with one attached hydrogen (secondary N) is 2. The van der Waals surface area contributed by atoms with Crippen LogP contribution in [-0.4, -0.2) is 70.3 Å². The van der Waals surface area contributed by atoms with Gasteiger partial charge in [-0.25, -0.2) is 14.8 Å². The monoisotopic (exact) mass is 669 g/mol. The number of amides is 2. The number of hydrogen-bond donors (Lipinski definition) is 3. The van der Waals surface area contributed by atoms with Crippen molar-refractivity contribution in [2.45, 2.75) is 70.9 Å². The molecule has 3 N–H and O–H groups in total. The molecule has 0 radical (unpaired) electrons. The first-order valence-electron chi connectivity index (χ1n) is 16.2. The molecule has 256 valence electrons. The molecule has 5 atom stereocenters. The fraction of sp³-hybridized carbons (Fsp3) is 0.417. The molecule has 1 spiro atoms. The fourth-order valence-corrected chi connectivity index (χ4v) is 6.97. The molecule has 4 bridgehead atoms. The number of para-hydroxylation sites is 1. The van der Waals surface area contributed by atoms with E-state index in [9.17, 15) is 19.5 Å². The molecule has 4 aromatic rings. The first kappa shape index (κ1) is 32.4. The lowest BCUT2D eigenvalue weighted by atomic mass is 9.72. The van der Waals surface area contributed by atoms with E-state index in [-0.39, 0.29) is 35.5 Å². The number of likely N-dealkylation sites (N-methyl/N-ethyl adjacent to an activating group) is 1. The van der Waals surface area contributed by atoms with Crippen molar-refractivity contribution in [3.05, 3.63) is 82.8 Å². The predicted octanol–water partition coefficient (Wildman–Crippen LogP) is 4.20. The lowest BCUT2D eigenvalue weighted by Gasteiger charge is -2.35. The van der Waals surface area contributed by atoms with E-state index in [1.165, 1.54) is 25.3 Å². The first-order chi connectivity index (χ1) is 23.2. The average Bonchev–Trinajstić information content (AvgIpc) is 3.84. The second-order valence-corrected chi connectivity index (χ2v) is 14.3. The molecular formula is C36H39N5O8. The van der Waals surface area contributed by atoms with Crippen LogP contribution in [0.25, 0.3) is 11.6 Å². The summed E-state index contributed by atoms with van der Waals surface area (Å²) >= 11 is 0. The van der Waals surface area contributed by atoms with Crippen LogP contribution in [0.5, 0.6) is 5.75 Å². The molecule has 13 heteroatoms. The number of rotatable bonds is 5. The van der Waals surface area contributed by atoms with Crippen LogP contribution in [0.1, 0.15) is 79.5 Å². The van der Waals surface area contributed by atoms with Crippen molar-refractivity contribution < 1.29 is 37.8 Å². The van der Waals surface area contributed by atoms with E-state index >= 15 is 0 Å². The van der Waals surface area contributed by atoms with Crippen LogP contribution in [0.2, 0.25) is 0 Å². The molecule has 0 saturated carbocycles. The minimum atomic E-state index is -1.29. The van der Waals surface area contributed by atoms with Gasteiger partial charge in [0.1, 0.15) is 35.6 Å². The van der Waals surface area contributed by atoms with Gasteiger partial charge in [0, 0.05) is 24.7 Å². The SMILES string of the molecule is COC(=O)c1coc(-c2nc3oc2[C@@]24c5ccccc5NC2Oc2ccc(cc24)CC(N(C)C(=O)[C@@H](O)C(C)C)C(=O)NC3C(C)(C)C)n1. The number of esters is 1. The Balaban J connectivity index is 1.51. The standard InChI is InChI=1S/C36H39N5O8/c1-17(2)26(42)32(44)41(6)23-15-18-12-13-24-20(14-18)36(19-10-8-9-11-21(19)38-34(36)48-24)28-25(30-37-22(16-47-30)33(45)46-7)39-31(49-28)27(35(3,4)5)40-29(23)43/h8-14,16-17,23,26-27,34,38,42H,15H2,1-7H3,(H,40,43)/t23?,26-,27?,34?,36-/m0/s1. The predicted molar refractivity (Wildman–Crippen MR) is 176 cm³/mol. The molecule has 3 aliphatic rings. The van der Waals surface area contributed by atoms with E-state index in [4.69, 9.17) is 23.3 Å². The van der Waals surface area contributed by atoms with Gasteiger partial charge in [-0.15, -0.1) is 0 Å². The summed E-state index contributed by atoms with van der Waals surface area (Å²) in [6.07, 6.45) is -0.604. The van der Waals surface area contributed by atoms with E-state index in [0.717, 1.165) is 22.4 Å². The molecule has 2 amide bonds. The third-order valence-corrected chi connectivity index (χ3v) is 9.68. The average molecular weight is 670 g/mol. The maximum absolute atomic E-state index is 14.3. The topological polar surface area (TPSA) is 169 Å². The van der Waals surface area contributed by atoms with E-state index in [1.54, 1.807) is 13.8 Å². The number of carbonyl (C=O) groups is 3. The van der Waals surface area contributed by atoms with Crippen molar-refractivity contribution in [2.24, 2.45) is 11.3 Å². The highest BCUT2D eigenvalue weighted by molar-refractivity contribution is 5.90. The van der Waals surface area contributed by atoms with Gasteiger partial charge in [0.15, 0.2) is 23.4 Å². The molecule has 2 aromatic carbocycles. The van der Waals surface area contributed by atoms with Crippen molar-refractivity contribution in [1.29, 1.82) is 0 Å². The van der Waals surface area contributed by atoms with E-state index in [0.29, 0.717) is 11.5 Å². The smallest absolute Gasteiger partial charge is 0.360 e. The minimum Gasteiger partial charge on any atom is -0.469 e. The van der Waals surface area contributed by atoms with Gasteiger partial charge >= 0.3 is 5.97 Å². The normalized spacial score (nSPS) is 22.9. The summed E-state index contributed by atoms with van der Waals surface area (Å²) in [4.78, 5) is 50.9. The zero-order chi connectivity index (χ0) is 35.0. The summed E-state index contributed by atoms with van der Waals surface area (Å²) in [6.45, 7) is 9.31. The third-order valence-electron chi connectivity index (χ3n) is 9.68. The number of aromatic nitrogens is 2. The number of benzene rings is 2. The van der Waals surface area contributed by atoms with Gasteiger partial charge < -0.3 is 38.9 Å². The van der Waals surface area contributed by atoms with Crippen LogP contribution < -0.4 is 15.4 Å². The van der Waals surface area contributed by atoms with Crippen LogP contribution in [0.4, 0.5) is 5.69 Å². The van der Waals surface area contributed by atoms with E-state index in [1.807, 2.05) is 63.2 Å². The molecule has 13 nitrogen and oxygen atoms in total. The minimum absolute atomic E-state index is 0.0206. The zero-order valence-electron chi connectivity index (χ0n) is 28.4. The Bertz CT molecular complexity index is 1980. The molecule has 49 heavy (non-hydrogen) atoms. The van der Waals surface area contributed by atoms with Gasteiger partial charge in [-0.05, 0) is 34.6 Å². The number of anilines is 1. The summed E-state index contributed by atoms with van der Waals surface area (Å²) in [7, 11) is 2.79. The largest absolute Gasteiger partial charge is 0.469 e. The molecule has 3 unspecified atom stereocenters. The van der Waals surface area contributed by atoms with Gasteiger partial charge in [-0.2, -0.15) is 0 Å². The Kier molecular flexibility index (Phi) is 7.58. The summed E-state index contributed by atoms with van der Waals surface area (Å²) in [6, 6.07) is 11.7. The molecule has 3 aliphatic heterocycles. The number of carbonyl (C=O) groups excluding carboxylic acids is 3. The van der Waals surface area contributed by atoms with Crippen molar-refractivity contribution >= 4 is 23.5 Å². The Labute approximate surface area is 283 Å². The van der Waals surface area contributed by atoms with E-state index in [2.05, 4.69) is 15.6 Å². The van der Waals surface area contributed by atoms with Crippen molar-refractivity contribution in [3.63, 3.8) is 0 Å². The Morgan fingerprint density at radius 1 is 1.10 bits per heavy atom. The van der Waals surface area contributed by atoms with Gasteiger partial charge in [0.05, 0.1) is 7.11 Å². The van der Waals surface area contributed by atoms with Crippen LogP contribution in [0.3, 0.4) is 0 Å². The molecule has 2 aromatic heterocycles. The number of oxazole rings is 2. The highest BCUT2D eigenvalue weighted by atomic mass is 16.5. The molecule has 0 fully saturated rings. The van der Waals surface area contributed by atoms with E-state index < -0.39 is 53.0 Å². The number of methoxy groups -OCH3 is 1. The number of hydrogen-bond acceptors (Lipinski definition) is 11. The lowest BCUT2D eigenvalue weighted by Crippen LogP contribution is -2.54. The van der Waals surface area contributed by atoms with Gasteiger partial charge in [-0.3, -0.25) is 9.59 Å². The summed E-state index contributed by atoms with van der Waals surface area (Å²) < 4.78 is 24.2. The Morgan fingerprint density at radius 3 is 2.57 bits per heavy atom. The Hall–Kier alpha value is -5.17. The number of ether oxygens (including phenoxy) is 2. The number of fused-ring (bicyclic) bond motifs is 4. The maximum Gasteiger partial charge on any atom is 0.360 e. The number of aliphatic hydroxyl groups is 1. The zero-order valence-corrected chi connectivity index (χ0v) is 28.4. The summed E-state index contributed by atoms with van der Waals surface area (Å²) in [5.74, 6) is -0.908. The summed E-state index contributed by atoms with van der Waals surface area (Å²) in [5.41, 5.74) is 1.61. The summed E-state index contributed by atoms with van der Waals surface area (Å²) in [5, 5.41) is 17.4. The second kappa shape index (κ2) is 11.5. The molecule has 7 rings (SSSR count). The van der Waals surface area contributed by atoms with Gasteiger partial charge in [0.25, 0.3) is 5.91 Å². The third kappa shape index (κ3) is 4.97. The van der Waals surface area contributed by atoms with Gasteiger partial charge in [0.2, 0.25) is 17.7 Å². The van der Waals surface area contributed by atoms with Crippen LogP contribution in [0.15, 0.2) is 57.6 Å². The van der Waals surface area contributed by atoms with Crippen molar-refractivity contribution in [2.75, 3.05) is 19.5 Å². The van der Waals surface area contributed by atoms with Crippen molar-refractivity contribution in [1.82, 2.24) is 20.2 Å². The quantitative estimate of drug-likeness (QED) is 0.261. The van der Waals surface area contributed by atoms with Crippen molar-refractivity contribution in [3.8, 4) is 17.3 Å². The first-order valence-corrected chi connectivity index (χ1v) is 16.2. The Morgan fingerprint density at radius 2 is 1.86 bits per heavy atom. The second-order valence-electron chi connectivity index (χ2n) is 14.3. The van der Waals surface area contributed by atoms with Crippen LogP contribution >= 0.6 is 0 Å². The number of aliphatic hydroxyl groups excluding tert-OH is 1. The fourth-order valence-electron chi connectivity index (χ4n) is 6.97. The molecule has 0 aliphatic carbocycles. The van der Waals surface area contributed by atoms with Crippen LogP contribution in [0, 0.1) is 11.3 Å². The molecule has 0 saturated heterocycles. The highest BCUT2D eigenvalue weighted by Gasteiger charge is 2.61. The molecule has 5 heterocycles. The maximum atomic E-state index is 14.3. The highest BCUT2D eigenvalue weighted by Crippen LogP contribution is 2.59. The lowest BCUT2D eigenvalue weighted by molar-refractivity contribution is -0.147. The van der Waals surface area contributed by atoms with Gasteiger partial charge in [-0.1, -0.05) is 65.0 Å².